The third-order valence-electron chi connectivity index (χ3n) is 14.1. The maximum atomic E-state index is 7.16. The molecule has 10 aromatic carbocycles. The van der Waals surface area contributed by atoms with Crippen LogP contribution in [0.3, 0.4) is 0 Å². The van der Waals surface area contributed by atoms with E-state index in [2.05, 4.69) is 234 Å². The van der Waals surface area contributed by atoms with Crippen molar-refractivity contribution in [1.82, 2.24) is 9.13 Å². The van der Waals surface area contributed by atoms with Crippen LogP contribution >= 0.6 is 0 Å². The van der Waals surface area contributed by atoms with Gasteiger partial charge in [-0.2, -0.15) is 0 Å². The standard InChI is InChI=1S/C63H42N4O/c1-39-30-35-58(66-53-27-12-9-24-47(53)48-25-10-13-28-54(48)66)64-63(65-60(39)45-22-15-21-42(36-45)40-16-3-2-4-17-40)51-33-34-55(62-59(51)50-26-11-14-29-57(50)68-62)67-56-38-44-20-6-5-19-43(44)37-52(56)49-32-31-41-18-7-8-23-46(41)61(49)67/h2-29,31-39H,30H2,1H3/b58-35-,64-63?,65-60?. The van der Waals surface area contributed by atoms with Gasteiger partial charge < -0.3 is 8.98 Å². The van der Waals surface area contributed by atoms with Gasteiger partial charge in [0.2, 0.25) is 0 Å². The molecule has 320 valence electrons. The lowest BCUT2D eigenvalue weighted by Crippen LogP contribution is -2.18. The number of allylic oxidation sites excluding steroid dienone is 1. The van der Waals surface area contributed by atoms with Gasteiger partial charge in [-0.1, -0.05) is 171 Å². The van der Waals surface area contributed by atoms with Crippen molar-refractivity contribution in [1.29, 1.82) is 0 Å². The lowest BCUT2D eigenvalue weighted by molar-refractivity contribution is 0.666. The van der Waals surface area contributed by atoms with Crippen LogP contribution in [0.4, 0.5) is 0 Å². The zero-order valence-electron chi connectivity index (χ0n) is 37.3. The maximum absolute atomic E-state index is 7.16. The second kappa shape index (κ2) is 15.1. The van der Waals surface area contributed by atoms with Crippen LogP contribution in [0.5, 0.6) is 0 Å². The fourth-order valence-corrected chi connectivity index (χ4v) is 11.0. The Morgan fingerprint density at radius 3 is 1.90 bits per heavy atom. The average Bonchev–Trinajstić information content (AvgIpc) is 4.05. The molecule has 4 heterocycles. The zero-order valence-corrected chi connectivity index (χ0v) is 37.3. The first kappa shape index (κ1) is 38.5. The Balaban J connectivity index is 1.08. The molecule has 5 nitrogen and oxygen atoms in total. The largest absolute Gasteiger partial charge is 0.454 e. The number of aromatic nitrogens is 2. The summed E-state index contributed by atoms with van der Waals surface area (Å²) in [5.41, 5.74) is 12.3. The summed E-state index contributed by atoms with van der Waals surface area (Å²) in [5, 5.41) is 11.5. The van der Waals surface area contributed by atoms with E-state index in [1.165, 1.54) is 48.7 Å². The minimum Gasteiger partial charge on any atom is -0.454 e. The van der Waals surface area contributed by atoms with Gasteiger partial charge in [-0.15, -0.1) is 0 Å². The Morgan fingerprint density at radius 2 is 1.10 bits per heavy atom. The number of benzene rings is 10. The Bertz CT molecular complexity index is 4260. The van der Waals surface area contributed by atoms with E-state index in [0.717, 1.165) is 84.3 Å². The molecular weight excluding hydrogens is 829 g/mol. The van der Waals surface area contributed by atoms with Gasteiger partial charge in [-0.3, -0.25) is 4.57 Å². The van der Waals surface area contributed by atoms with Crippen LogP contribution in [0.2, 0.25) is 0 Å². The highest BCUT2D eigenvalue weighted by Gasteiger charge is 2.26. The van der Waals surface area contributed by atoms with Gasteiger partial charge in [0.15, 0.2) is 11.4 Å². The average molecular weight is 871 g/mol. The van der Waals surface area contributed by atoms with Crippen molar-refractivity contribution < 1.29 is 4.42 Å². The number of para-hydroxylation sites is 3. The lowest BCUT2D eigenvalue weighted by atomic mass is 9.92. The van der Waals surface area contributed by atoms with Crippen LogP contribution in [0.1, 0.15) is 24.5 Å². The molecule has 14 rings (SSSR count). The number of hydrogen-bond acceptors (Lipinski definition) is 3. The normalized spacial score (nSPS) is 15.4. The van der Waals surface area contributed by atoms with E-state index in [4.69, 9.17) is 14.4 Å². The lowest BCUT2D eigenvalue weighted by Gasteiger charge is -2.20. The maximum Gasteiger partial charge on any atom is 0.162 e. The predicted molar refractivity (Wildman–Crippen MR) is 286 cm³/mol. The minimum absolute atomic E-state index is 0.0613. The highest BCUT2D eigenvalue weighted by Crippen LogP contribution is 2.43. The quantitative estimate of drug-likeness (QED) is 0.170. The fraction of sp³-hybridized carbons (Fsp3) is 0.0476. The molecular formula is C63H42N4O. The predicted octanol–water partition coefficient (Wildman–Crippen LogP) is 16.5. The number of furan rings is 1. The Hall–Kier alpha value is -8.80. The summed E-state index contributed by atoms with van der Waals surface area (Å²) < 4.78 is 11.9. The fourth-order valence-electron chi connectivity index (χ4n) is 11.0. The van der Waals surface area contributed by atoms with Crippen molar-refractivity contribution in [2.75, 3.05) is 0 Å². The zero-order chi connectivity index (χ0) is 44.9. The molecule has 1 atom stereocenters. The van der Waals surface area contributed by atoms with E-state index in [9.17, 15) is 0 Å². The first-order chi connectivity index (χ1) is 33.6. The number of amidine groups is 1. The molecule has 0 N–H and O–H groups in total. The first-order valence-electron chi connectivity index (χ1n) is 23.5. The number of nitrogens with zero attached hydrogens (tertiary/aromatic N) is 4. The highest BCUT2D eigenvalue weighted by molar-refractivity contribution is 6.26. The van der Waals surface area contributed by atoms with E-state index in [1.54, 1.807) is 0 Å². The van der Waals surface area contributed by atoms with Gasteiger partial charge in [0, 0.05) is 49.2 Å². The van der Waals surface area contributed by atoms with Crippen LogP contribution in [-0.2, 0) is 0 Å². The van der Waals surface area contributed by atoms with Gasteiger partial charge >= 0.3 is 0 Å². The minimum atomic E-state index is 0.0613. The van der Waals surface area contributed by atoms with Crippen molar-refractivity contribution in [3.05, 3.63) is 230 Å². The van der Waals surface area contributed by atoms with Crippen LogP contribution in [0.15, 0.2) is 233 Å². The SMILES string of the molecule is CC1C/C=C(\n2c3ccccc3c3ccccc32)N=C(c2ccc(-n3c4cc5ccccc5cc4c4ccc5ccccc5c43)c3oc4ccccc4c23)N=C1c1cccc(-c2ccccc2)c1. The molecule has 0 saturated heterocycles. The summed E-state index contributed by atoms with van der Waals surface area (Å²) in [6.07, 6.45) is 3.06. The van der Waals surface area contributed by atoms with Crippen LogP contribution in [0, 0.1) is 5.92 Å². The molecule has 68 heavy (non-hydrogen) atoms. The van der Waals surface area contributed by atoms with E-state index in [-0.39, 0.29) is 5.92 Å². The number of aliphatic imine (C=N–C) groups is 2. The summed E-state index contributed by atoms with van der Waals surface area (Å²) in [6, 6.07) is 76.1. The summed E-state index contributed by atoms with van der Waals surface area (Å²) in [5.74, 6) is 1.54. The molecule has 0 spiro atoms. The van der Waals surface area contributed by atoms with Crippen molar-refractivity contribution in [3.63, 3.8) is 0 Å². The van der Waals surface area contributed by atoms with Gasteiger partial charge in [0.05, 0.1) is 33.5 Å². The Morgan fingerprint density at radius 1 is 0.456 bits per heavy atom. The molecule has 0 amide bonds. The van der Waals surface area contributed by atoms with Crippen molar-refractivity contribution >= 4 is 104 Å². The molecule has 1 unspecified atom stereocenters. The molecule has 1 aliphatic heterocycles. The number of rotatable bonds is 5. The Labute approximate surface area is 391 Å². The smallest absolute Gasteiger partial charge is 0.162 e. The molecule has 0 fully saturated rings. The third kappa shape index (κ3) is 5.89. The highest BCUT2D eigenvalue weighted by atomic mass is 16.3. The third-order valence-corrected chi connectivity index (χ3v) is 14.1. The topological polar surface area (TPSA) is 47.7 Å². The van der Waals surface area contributed by atoms with Crippen molar-refractivity contribution in [2.45, 2.75) is 13.3 Å². The van der Waals surface area contributed by atoms with Gasteiger partial charge in [0.25, 0.3) is 0 Å². The van der Waals surface area contributed by atoms with Gasteiger partial charge in [-0.05, 0) is 93.9 Å². The van der Waals surface area contributed by atoms with E-state index >= 15 is 0 Å². The summed E-state index contributed by atoms with van der Waals surface area (Å²) in [4.78, 5) is 11.5. The molecule has 0 radical (unpaired) electrons. The molecule has 0 bridgehead atoms. The van der Waals surface area contributed by atoms with Crippen LogP contribution < -0.4 is 0 Å². The first-order valence-corrected chi connectivity index (χ1v) is 23.5. The number of hydrogen-bond donors (Lipinski definition) is 0. The number of fused-ring (bicyclic) bond motifs is 12. The summed E-state index contributed by atoms with van der Waals surface area (Å²) in [6.45, 7) is 2.29. The molecule has 0 saturated carbocycles. The molecule has 13 aromatic rings. The van der Waals surface area contributed by atoms with Gasteiger partial charge in [0.1, 0.15) is 11.4 Å². The van der Waals surface area contributed by atoms with E-state index in [1.807, 2.05) is 0 Å². The summed E-state index contributed by atoms with van der Waals surface area (Å²) >= 11 is 0. The molecule has 5 heteroatoms. The van der Waals surface area contributed by atoms with E-state index < -0.39 is 0 Å². The van der Waals surface area contributed by atoms with Crippen LogP contribution in [0.25, 0.3) is 110 Å². The second-order valence-corrected chi connectivity index (χ2v) is 18.1. The van der Waals surface area contributed by atoms with Crippen LogP contribution in [-0.4, -0.2) is 20.7 Å². The van der Waals surface area contributed by atoms with Crippen molar-refractivity contribution in [3.8, 4) is 16.8 Å². The molecule has 0 aliphatic carbocycles. The Kier molecular flexibility index (Phi) is 8.56. The van der Waals surface area contributed by atoms with Crippen molar-refractivity contribution in [2.24, 2.45) is 15.9 Å². The van der Waals surface area contributed by atoms with Gasteiger partial charge in [-0.25, -0.2) is 9.98 Å². The second-order valence-electron chi connectivity index (χ2n) is 18.1. The van der Waals surface area contributed by atoms with E-state index in [0.29, 0.717) is 5.84 Å². The monoisotopic (exact) mass is 870 g/mol. The molecule has 1 aliphatic rings. The summed E-state index contributed by atoms with van der Waals surface area (Å²) in [7, 11) is 0. The molecule has 3 aromatic heterocycles.